The molecule has 1 rings (SSSR count). The first-order valence-corrected chi connectivity index (χ1v) is 10.8. The van der Waals surface area contributed by atoms with Crippen LogP contribution in [-0.2, 0) is 9.47 Å². The van der Waals surface area contributed by atoms with Gasteiger partial charge in [-0.3, -0.25) is 0 Å². The van der Waals surface area contributed by atoms with Crippen molar-refractivity contribution in [3.05, 3.63) is 11.6 Å². The molecule has 0 spiro atoms. The molecule has 2 unspecified atom stereocenters. The van der Waals surface area contributed by atoms with Crippen molar-refractivity contribution in [2.45, 2.75) is 103 Å². The van der Waals surface area contributed by atoms with Gasteiger partial charge in [-0.15, -0.1) is 0 Å². The summed E-state index contributed by atoms with van der Waals surface area (Å²) >= 11 is 0. The molecule has 0 aromatic carbocycles. The molecule has 1 fully saturated rings. The first-order valence-electron chi connectivity index (χ1n) is 10.8. The molecule has 0 bridgehead atoms. The lowest BCUT2D eigenvalue weighted by Gasteiger charge is -2.39. The summed E-state index contributed by atoms with van der Waals surface area (Å²) in [6, 6.07) is 0. The lowest BCUT2D eigenvalue weighted by Crippen LogP contribution is -2.59. The maximum absolute atomic E-state index is 9.93. The van der Waals surface area contributed by atoms with Gasteiger partial charge in [-0.05, 0) is 38.0 Å². The Balaban J connectivity index is 2.20. The number of ether oxygens (including phenoxy) is 2. The SMILES string of the molecule is CC(=CCCOC1O[C@H](CO)[C@@H](O)[C@H](O)[C@H]1O)CCCC(C)CCCC(C)C. The van der Waals surface area contributed by atoms with Gasteiger partial charge in [0.15, 0.2) is 6.29 Å². The predicted octanol–water partition coefficient (Wildman–Crippen LogP) is 2.77. The largest absolute Gasteiger partial charge is 0.394 e. The number of rotatable bonds is 13. The highest BCUT2D eigenvalue weighted by Gasteiger charge is 2.43. The Kier molecular flexibility index (Phi) is 12.5. The molecule has 0 saturated carbocycles. The highest BCUT2D eigenvalue weighted by molar-refractivity contribution is 4.97. The smallest absolute Gasteiger partial charge is 0.186 e. The zero-order valence-electron chi connectivity index (χ0n) is 18.1. The molecule has 1 saturated heterocycles. The number of allylic oxidation sites excluding steroid dienone is 1. The summed E-state index contributed by atoms with van der Waals surface area (Å²) in [5, 5.41) is 38.6. The maximum atomic E-state index is 9.93. The van der Waals surface area contributed by atoms with Crippen molar-refractivity contribution in [3.63, 3.8) is 0 Å². The normalized spacial score (nSPS) is 30.0. The van der Waals surface area contributed by atoms with Crippen LogP contribution in [0.25, 0.3) is 0 Å². The maximum Gasteiger partial charge on any atom is 0.186 e. The Morgan fingerprint density at radius 2 is 1.68 bits per heavy atom. The second-order valence-electron chi connectivity index (χ2n) is 8.73. The Labute approximate surface area is 170 Å². The van der Waals surface area contributed by atoms with Gasteiger partial charge in [0.05, 0.1) is 13.2 Å². The van der Waals surface area contributed by atoms with E-state index in [-0.39, 0.29) is 0 Å². The van der Waals surface area contributed by atoms with Crippen molar-refractivity contribution in [2.24, 2.45) is 11.8 Å². The third kappa shape index (κ3) is 9.33. The molecule has 6 atom stereocenters. The van der Waals surface area contributed by atoms with Gasteiger partial charge in [-0.2, -0.15) is 0 Å². The van der Waals surface area contributed by atoms with Gasteiger partial charge >= 0.3 is 0 Å². The van der Waals surface area contributed by atoms with Crippen molar-refractivity contribution in [1.29, 1.82) is 0 Å². The van der Waals surface area contributed by atoms with E-state index in [1.807, 2.05) is 0 Å². The topological polar surface area (TPSA) is 99.4 Å². The van der Waals surface area contributed by atoms with Crippen molar-refractivity contribution in [3.8, 4) is 0 Å². The van der Waals surface area contributed by atoms with E-state index in [2.05, 4.69) is 33.8 Å². The molecule has 1 aliphatic heterocycles. The van der Waals surface area contributed by atoms with E-state index in [1.54, 1.807) is 0 Å². The van der Waals surface area contributed by atoms with Crippen LogP contribution in [-0.4, -0.2) is 64.3 Å². The fraction of sp³-hybridized carbons (Fsp3) is 0.909. The molecule has 0 radical (unpaired) electrons. The van der Waals surface area contributed by atoms with Gasteiger partial charge < -0.3 is 29.9 Å². The Morgan fingerprint density at radius 1 is 1.00 bits per heavy atom. The van der Waals surface area contributed by atoms with Crippen molar-refractivity contribution < 1.29 is 29.9 Å². The van der Waals surface area contributed by atoms with E-state index in [9.17, 15) is 20.4 Å². The average molecular weight is 403 g/mol. The van der Waals surface area contributed by atoms with Crippen molar-refractivity contribution >= 4 is 0 Å². The van der Waals surface area contributed by atoms with Gasteiger partial charge in [0.1, 0.15) is 24.4 Å². The average Bonchev–Trinajstić information content (AvgIpc) is 2.64. The standard InChI is InChI=1S/C22H42O6/c1-15(2)8-5-9-16(3)10-6-11-17(4)12-7-13-27-22-21(26)20(25)19(24)18(14-23)28-22/h12,15-16,18-26H,5-11,13-14H2,1-4H3/t16?,18-,19-,20+,21-,22?/m1/s1. The fourth-order valence-corrected chi connectivity index (χ4v) is 3.54. The molecule has 0 amide bonds. The first kappa shape index (κ1) is 25.5. The van der Waals surface area contributed by atoms with E-state index in [4.69, 9.17) is 9.47 Å². The van der Waals surface area contributed by atoms with E-state index in [1.165, 1.54) is 37.7 Å². The third-order valence-electron chi connectivity index (χ3n) is 5.49. The molecule has 0 aromatic rings. The minimum atomic E-state index is -1.39. The first-order chi connectivity index (χ1) is 13.3. The Morgan fingerprint density at radius 3 is 2.32 bits per heavy atom. The minimum Gasteiger partial charge on any atom is -0.394 e. The highest BCUT2D eigenvalue weighted by Crippen LogP contribution is 2.22. The summed E-state index contributed by atoms with van der Waals surface area (Å²) in [5.41, 5.74) is 1.33. The minimum absolute atomic E-state index is 0.339. The molecular formula is C22H42O6. The van der Waals surface area contributed by atoms with Gasteiger partial charge in [0, 0.05) is 0 Å². The van der Waals surface area contributed by atoms with Gasteiger partial charge in [0.25, 0.3) is 0 Å². The monoisotopic (exact) mass is 402 g/mol. The van der Waals surface area contributed by atoms with Crippen LogP contribution < -0.4 is 0 Å². The molecule has 6 nitrogen and oxygen atoms in total. The predicted molar refractivity (Wildman–Crippen MR) is 110 cm³/mol. The number of aliphatic hydroxyl groups is 4. The summed E-state index contributed by atoms with van der Waals surface area (Å²) in [6.07, 6.45) is 4.25. The summed E-state index contributed by atoms with van der Waals surface area (Å²) in [4.78, 5) is 0. The van der Waals surface area contributed by atoms with Crippen molar-refractivity contribution in [1.82, 2.24) is 0 Å². The summed E-state index contributed by atoms with van der Waals surface area (Å²) < 4.78 is 10.8. The molecular weight excluding hydrogens is 360 g/mol. The van der Waals surface area contributed by atoms with Crippen molar-refractivity contribution in [2.75, 3.05) is 13.2 Å². The van der Waals surface area contributed by atoms with Crippen LogP contribution in [0.5, 0.6) is 0 Å². The number of hydrogen-bond acceptors (Lipinski definition) is 6. The third-order valence-corrected chi connectivity index (χ3v) is 5.49. The second-order valence-corrected chi connectivity index (χ2v) is 8.73. The molecule has 1 heterocycles. The molecule has 0 aliphatic carbocycles. The van der Waals surface area contributed by atoms with Crippen LogP contribution in [0.2, 0.25) is 0 Å². The number of aliphatic hydroxyl groups excluding tert-OH is 4. The Hall–Kier alpha value is -0.500. The molecule has 166 valence electrons. The van der Waals surface area contributed by atoms with Crippen LogP contribution >= 0.6 is 0 Å². The van der Waals surface area contributed by atoms with Gasteiger partial charge in [-0.1, -0.05) is 58.1 Å². The van der Waals surface area contributed by atoms with E-state index in [0.717, 1.165) is 18.3 Å². The molecule has 4 N–H and O–H groups in total. The number of hydrogen-bond donors (Lipinski definition) is 4. The van der Waals surface area contributed by atoms with Crippen LogP contribution in [0.4, 0.5) is 0 Å². The molecule has 1 aliphatic rings. The van der Waals surface area contributed by atoms with E-state index < -0.39 is 37.3 Å². The summed E-state index contributed by atoms with van der Waals surface area (Å²) in [7, 11) is 0. The molecule has 28 heavy (non-hydrogen) atoms. The zero-order chi connectivity index (χ0) is 21.1. The highest BCUT2D eigenvalue weighted by atomic mass is 16.7. The van der Waals surface area contributed by atoms with Gasteiger partial charge in [0.2, 0.25) is 0 Å². The van der Waals surface area contributed by atoms with Crippen LogP contribution in [0.15, 0.2) is 11.6 Å². The van der Waals surface area contributed by atoms with Gasteiger partial charge in [-0.25, -0.2) is 0 Å². The quantitative estimate of drug-likeness (QED) is 0.279. The Bertz CT molecular complexity index is 437. The van der Waals surface area contributed by atoms with E-state index in [0.29, 0.717) is 13.0 Å². The summed E-state index contributed by atoms with van der Waals surface area (Å²) in [5.74, 6) is 1.57. The molecule has 0 aromatic heterocycles. The fourth-order valence-electron chi connectivity index (χ4n) is 3.54. The molecule has 6 heteroatoms. The second kappa shape index (κ2) is 13.7. The van der Waals surface area contributed by atoms with Crippen LogP contribution in [0.1, 0.15) is 72.6 Å². The lowest BCUT2D eigenvalue weighted by molar-refractivity contribution is -0.300. The zero-order valence-corrected chi connectivity index (χ0v) is 18.1. The summed E-state index contributed by atoms with van der Waals surface area (Å²) in [6.45, 7) is 8.91. The van der Waals surface area contributed by atoms with Crippen LogP contribution in [0.3, 0.4) is 0 Å². The lowest BCUT2D eigenvalue weighted by atomic mass is 9.94. The van der Waals surface area contributed by atoms with Crippen LogP contribution in [0, 0.1) is 11.8 Å². The van der Waals surface area contributed by atoms with E-state index >= 15 is 0 Å².